The van der Waals surface area contributed by atoms with Gasteiger partial charge in [0.15, 0.2) is 0 Å². The van der Waals surface area contributed by atoms with Gasteiger partial charge in [-0.15, -0.1) is 0 Å². The van der Waals surface area contributed by atoms with E-state index >= 15 is 0 Å². The predicted octanol–water partition coefficient (Wildman–Crippen LogP) is 3.39. The minimum Gasteiger partial charge on any atom is -0.494 e. The average Bonchev–Trinajstić information content (AvgIpc) is 2.61. The normalized spacial score (nSPS) is 21.0. The summed E-state index contributed by atoms with van der Waals surface area (Å²) in [6.45, 7) is 3.88. The molecule has 23 heavy (non-hydrogen) atoms. The summed E-state index contributed by atoms with van der Waals surface area (Å²) in [6.07, 6.45) is 6.48. The fourth-order valence-electron chi connectivity index (χ4n) is 2.99. The van der Waals surface area contributed by atoms with E-state index in [4.69, 9.17) is 9.84 Å². The smallest absolute Gasteiger partial charge is 0.251 e. The van der Waals surface area contributed by atoms with Crippen molar-refractivity contribution in [2.75, 3.05) is 19.8 Å². The monoisotopic (exact) mass is 319 g/mol. The first-order chi connectivity index (χ1) is 11.2. The molecule has 0 aliphatic heterocycles. The van der Waals surface area contributed by atoms with E-state index in [1.807, 2.05) is 24.3 Å². The second-order valence-corrected chi connectivity index (χ2v) is 6.51. The SMILES string of the molecule is CCCCOc1ccc(C(=O)NCC2CCC(CO)CC2)cc1. The predicted molar refractivity (Wildman–Crippen MR) is 91.7 cm³/mol. The summed E-state index contributed by atoms with van der Waals surface area (Å²) in [5.41, 5.74) is 0.678. The van der Waals surface area contributed by atoms with E-state index in [2.05, 4.69) is 12.2 Å². The molecule has 0 unspecified atom stereocenters. The number of aliphatic hydroxyl groups is 1. The lowest BCUT2D eigenvalue weighted by molar-refractivity contribution is 0.0937. The van der Waals surface area contributed by atoms with Crippen LogP contribution in [0.4, 0.5) is 0 Å². The Labute approximate surface area is 139 Å². The van der Waals surface area contributed by atoms with Gasteiger partial charge < -0.3 is 15.2 Å². The summed E-state index contributed by atoms with van der Waals surface area (Å²) in [6, 6.07) is 7.35. The van der Waals surface area contributed by atoms with Crippen molar-refractivity contribution in [3.8, 4) is 5.75 Å². The van der Waals surface area contributed by atoms with Crippen molar-refractivity contribution < 1.29 is 14.6 Å². The van der Waals surface area contributed by atoms with Crippen molar-refractivity contribution in [3.05, 3.63) is 29.8 Å². The van der Waals surface area contributed by atoms with Crippen LogP contribution in [0.5, 0.6) is 5.75 Å². The Balaban J connectivity index is 1.73. The molecule has 1 fully saturated rings. The quantitative estimate of drug-likeness (QED) is 0.722. The van der Waals surface area contributed by atoms with Crippen molar-refractivity contribution in [1.29, 1.82) is 0 Å². The van der Waals surface area contributed by atoms with Crippen LogP contribution in [0.25, 0.3) is 0 Å². The van der Waals surface area contributed by atoms with Crippen molar-refractivity contribution in [1.82, 2.24) is 5.32 Å². The third kappa shape index (κ3) is 5.87. The Morgan fingerprint density at radius 3 is 2.43 bits per heavy atom. The zero-order valence-corrected chi connectivity index (χ0v) is 14.1. The Morgan fingerprint density at radius 1 is 1.17 bits per heavy atom. The number of aliphatic hydroxyl groups excluding tert-OH is 1. The Morgan fingerprint density at radius 2 is 1.83 bits per heavy atom. The summed E-state index contributed by atoms with van der Waals surface area (Å²) >= 11 is 0. The first-order valence-electron chi connectivity index (χ1n) is 8.84. The highest BCUT2D eigenvalue weighted by molar-refractivity contribution is 5.94. The van der Waals surface area contributed by atoms with Crippen LogP contribution in [0.3, 0.4) is 0 Å². The Kier molecular flexibility index (Phi) is 7.40. The van der Waals surface area contributed by atoms with Gasteiger partial charge in [0.05, 0.1) is 6.61 Å². The molecule has 1 aromatic carbocycles. The van der Waals surface area contributed by atoms with Gasteiger partial charge in [0.25, 0.3) is 5.91 Å². The fourth-order valence-corrected chi connectivity index (χ4v) is 2.99. The molecule has 2 N–H and O–H groups in total. The average molecular weight is 319 g/mol. The van der Waals surface area contributed by atoms with Crippen LogP contribution < -0.4 is 10.1 Å². The number of hydrogen-bond donors (Lipinski definition) is 2. The van der Waals surface area contributed by atoms with E-state index in [-0.39, 0.29) is 5.91 Å². The largest absolute Gasteiger partial charge is 0.494 e. The zero-order chi connectivity index (χ0) is 16.5. The highest BCUT2D eigenvalue weighted by Gasteiger charge is 2.21. The van der Waals surface area contributed by atoms with Crippen LogP contribution in [0.2, 0.25) is 0 Å². The molecule has 4 heteroatoms. The number of amides is 1. The van der Waals surface area contributed by atoms with Crippen molar-refractivity contribution in [3.63, 3.8) is 0 Å². The van der Waals surface area contributed by atoms with E-state index in [0.717, 1.165) is 57.4 Å². The highest BCUT2D eigenvalue weighted by atomic mass is 16.5. The molecule has 0 saturated heterocycles. The summed E-state index contributed by atoms with van der Waals surface area (Å²) in [7, 11) is 0. The number of unbranched alkanes of at least 4 members (excludes halogenated alkanes) is 1. The van der Waals surface area contributed by atoms with E-state index < -0.39 is 0 Å². The highest BCUT2D eigenvalue weighted by Crippen LogP contribution is 2.27. The van der Waals surface area contributed by atoms with Gasteiger partial charge in [-0.1, -0.05) is 13.3 Å². The lowest BCUT2D eigenvalue weighted by Crippen LogP contribution is -2.31. The maximum absolute atomic E-state index is 12.2. The molecule has 1 aliphatic rings. The van der Waals surface area contributed by atoms with Crippen molar-refractivity contribution >= 4 is 5.91 Å². The molecule has 0 heterocycles. The summed E-state index contributed by atoms with van der Waals surface area (Å²) < 4.78 is 5.60. The summed E-state index contributed by atoms with van der Waals surface area (Å²) in [5.74, 6) is 1.80. The molecule has 0 spiro atoms. The van der Waals surface area contributed by atoms with Crippen LogP contribution in [-0.4, -0.2) is 30.8 Å². The van der Waals surface area contributed by atoms with Crippen molar-refractivity contribution in [2.24, 2.45) is 11.8 Å². The molecule has 1 saturated carbocycles. The van der Waals surface area contributed by atoms with Gasteiger partial charge >= 0.3 is 0 Å². The fraction of sp³-hybridized carbons (Fsp3) is 0.632. The van der Waals surface area contributed by atoms with Crippen molar-refractivity contribution in [2.45, 2.75) is 45.4 Å². The van der Waals surface area contributed by atoms with Crippen LogP contribution in [0.15, 0.2) is 24.3 Å². The number of rotatable bonds is 8. The first kappa shape index (κ1) is 17.8. The number of hydrogen-bond acceptors (Lipinski definition) is 3. The van der Waals surface area contributed by atoms with Gasteiger partial charge in [-0.3, -0.25) is 4.79 Å². The van der Waals surface area contributed by atoms with Gasteiger partial charge in [0.1, 0.15) is 5.75 Å². The lowest BCUT2D eigenvalue weighted by Gasteiger charge is -2.27. The van der Waals surface area contributed by atoms with E-state index in [1.165, 1.54) is 0 Å². The Bertz CT molecular complexity index is 464. The first-order valence-corrected chi connectivity index (χ1v) is 8.84. The second-order valence-electron chi connectivity index (χ2n) is 6.51. The lowest BCUT2D eigenvalue weighted by atomic mass is 9.82. The molecule has 0 bridgehead atoms. The van der Waals surface area contributed by atoms with Gasteiger partial charge in [-0.25, -0.2) is 0 Å². The molecular weight excluding hydrogens is 290 g/mol. The maximum atomic E-state index is 12.2. The standard InChI is InChI=1S/C19H29NO3/c1-2-3-12-23-18-10-8-17(9-11-18)19(22)20-13-15-4-6-16(14-21)7-5-15/h8-11,15-16,21H,2-7,12-14H2,1H3,(H,20,22). The molecule has 0 radical (unpaired) electrons. The maximum Gasteiger partial charge on any atom is 0.251 e. The van der Waals surface area contributed by atoms with Gasteiger partial charge in [-0.05, 0) is 68.2 Å². The van der Waals surface area contributed by atoms with Gasteiger partial charge in [-0.2, -0.15) is 0 Å². The Hall–Kier alpha value is -1.55. The third-order valence-corrected chi connectivity index (χ3v) is 4.66. The molecule has 0 aromatic heterocycles. The number of nitrogens with one attached hydrogen (secondary N) is 1. The van der Waals surface area contributed by atoms with E-state index in [9.17, 15) is 4.79 Å². The zero-order valence-electron chi connectivity index (χ0n) is 14.1. The molecule has 2 rings (SSSR count). The molecular formula is C19H29NO3. The summed E-state index contributed by atoms with van der Waals surface area (Å²) in [4.78, 5) is 12.2. The van der Waals surface area contributed by atoms with Gasteiger partial charge in [0.2, 0.25) is 0 Å². The molecule has 0 atom stereocenters. The van der Waals surface area contributed by atoms with Crippen LogP contribution >= 0.6 is 0 Å². The topological polar surface area (TPSA) is 58.6 Å². The molecule has 1 aromatic rings. The van der Waals surface area contributed by atoms with E-state index in [1.54, 1.807) is 0 Å². The van der Waals surface area contributed by atoms with E-state index in [0.29, 0.717) is 24.0 Å². The third-order valence-electron chi connectivity index (χ3n) is 4.66. The minimum atomic E-state index is -0.0191. The van der Waals surface area contributed by atoms with Crippen LogP contribution in [0, 0.1) is 11.8 Å². The molecule has 1 aliphatic carbocycles. The number of carbonyl (C=O) groups is 1. The van der Waals surface area contributed by atoms with Crippen LogP contribution in [-0.2, 0) is 0 Å². The second kappa shape index (κ2) is 9.56. The van der Waals surface area contributed by atoms with Gasteiger partial charge in [0, 0.05) is 18.7 Å². The molecule has 4 nitrogen and oxygen atoms in total. The molecule has 1 amide bonds. The number of ether oxygens (including phenoxy) is 1. The number of benzene rings is 1. The summed E-state index contributed by atoms with van der Waals surface area (Å²) in [5, 5.41) is 12.2. The number of carbonyl (C=O) groups excluding carboxylic acids is 1. The minimum absolute atomic E-state index is 0.0191. The molecule has 128 valence electrons. The van der Waals surface area contributed by atoms with Crippen LogP contribution in [0.1, 0.15) is 55.8 Å².